The van der Waals surface area contributed by atoms with Crippen molar-refractivity contribution in [2.24, 2.45) is 0 Å². The van der Waals surface area contributed by atoms with E-state index in [1.165, 1.54) is 0 Å². The van der Waals surface area contributed by atoms with Gasteiger partial charge < -0.3 is 10.2 Å². The third kappa shape index (κ3) is 3.35. The highest BCUT2D eigenvalue weighted by molar-refractivity contribution is 5.75. The largest absolute Gasteiger partial charge is 0.481 e. The number of hydrogen-bond donors (Lipinski definition) is 2. The second-order valence-electron chi connectivity index (χ2n) is 3.87. The summed E-state index contributed by atoms with van der Waals surface area (Å²) in [5.41, 5.74) is 1.99. The first-order valence-electron chi connectivity index (χ1n) is 5.61. The Hall–Kier alpha value is -1.35. The standard InChI is InChI=1S/C13H18O3/c1-2-12(13(15)16)11-7-5-10(6-8-11)4-3-9-14/h5-8,12,14H,2-4,9H2,1H3,(H,15,16). The molecule has 1 rings (SSSR count). The number of aliphatic hydroxyl groups is 1. The van der Waals surface area contributed by atoms with Gasteiger partial charge in [-0.3, -0.25) is 4.79 Å². The average molecular weight is 222 g/mol. The fourth-order valence-corrected chi connectivity index (χ4v) is 1.75. The second kappa shape index (κ2) is 6.28. The molecular formula is C13H18O3. The number of benzene rings is 1. The van der Waals surface area contributed by atoms with Crippen molar-refractivity contribution in [3.8, 4) is 0 Å². The highest BCUT2D eigenvalue weighted by atomic mass is 16.4. The normalized spacial score (nSPS) is 12.4. The van der Waals surface area contributed by atoms with Gasteiger partial charge in [-0.1, -0.05) is 31.2 Å². The smallest absolute Gasteiger partial charge is 0.310 e. The molecule has 0 amide bonds. The lowest BCUT2D eigenvalue weighted by Gasteiger charge is -2.10. The van der Waals surface area contributed by atoms with Crippen LogP contribution in [0.4, 0.5) is 0 Å². The van der Waals surface area contributed by atoms with Crippen molar-refractivity contribution in [1.82, 2.24) is 0 Å². The quantitative estimate of drug-likeness (QED) is 0.775. The first kappa shape index (κ1) is 12.7. The maximum absolute atomic E-state index is 11.0. The van der Waals surface area contributed by atoms with Gasteiger partial charge >= 0.3 is 5.97 Å². The summed E-state index contributed by atoms with van der Waals surface area (Å²) in [6.45, 7) is 2.06. The molecular weight excluding hydrogens is 204 g/mol. The van der Waals surface area contributed by atoms with Crippen molar-refractivity contribution < 1.29 is 15.0 Å². The number of carbonyl (C=O) groups is 1. The van der Waals surface area contributed by atoms with Crippen LogP contribution in [0.25, 0.3) is 0 Å². The SMILES string of the molecule is CCC(C(=O)O)c1ccc(CCCO)cc1. The zero-order valence-electron chi connectivity index (χ0n) is 9.52. The zero-order chi connectivity index (χ0) is 12.0. The minimum Gasteiger partial charge on any atom is -0.481 e. The number of aliphatic carboxylic acids is 1. The molecule has 0 saturated heterocycles. The molecule has 0 saturated carbocycles. The van der Waals surface area contributed by atoms with Crippen molar-refractivity contribution in [3.05, 3.63) is 35.4 Å². The Kier molecular flexibility index (Phi) is 4.99. The van der Waals surface area contributed by atoms with E-state index in [0.717, 1.165) is 24.0 Å². The van der Waals surface area contributed by atoms with E-state index >= 15 is 0 Å². The molecule has 1 atom stereocenters. The topological polar surface area (TPSA) is 57.5 Å². The van der Waals surface area contributed by atoms with Gasteiger partial charge in [-0.05, 0) is 30.4 Å². The van der Waals surface area contributed by atoms with Gasteiger partial charge in [0.25, 0.3) is 0 Å². The van der Waals surface area contributed by atoms with E-state index in [1.807, 2.05) is 31.2 Å². The Labute approximate surface area is 95.7 Å². The molecule has 0 spiro atoms. The molecule has 0 aromatic heterocycles. The summed E-state index contributed by atoms with van der Waals surface area (Å²) in [6.07, 6.45) is 2.18. The molecule has 0 aliphatic carbocycles. The first-order valence-corrected chi connectivity index (χ1v) is 5.61. The lowest BCUT2D eigenvalue weighted by Crippen LogP contribution is -2.10. The molecule has 0 aliphatic rings. The molecule has 0 aliphatic heterocycles. The third-order valence-electron chi connectivity index (χ3n) is 2.71. The van der Waals surface area contributed by atoms with E-state index in [0.29, 0.717) is 6.42 Å². The van der Waals surface area contributed by atoms with E-state index in [1.54, 1.807) is 0 Å². The lowest BCUT2D eigenvalue weighted by atomic mass is 9.95. The van der Waals surface area contributed by atoms with Gasteiger partial charge in [-0.15, -0.1) is 0 Å². The third-order valence-corrected chi connectivity index (χ3v) is 2.71. The van der Waals surface area contributed by atoms with Crippen LogP contribution >= 0.6 is 0 Å². The van der Waals surface area contributed by atoms with Gasteiger partial charge in [0.05, 0.1) is 5.92 Å². The van der Waals surface area contributed by atoms with Crippen LogP contribution in [-0.4, -0.2) is 22.8 Å². The zero-order valence-corrected chi connectivity index (χ0v) is 9.52. The Morgan fingerprint density at radius 1 is 1.31 bits per heavy atom. The average Bonchev–Trinajstić information content (AvgIpc) is 2.28. The van der Waals surface area contributed by atoms with Crippen molar-refractivity contribution in [3.63, 3.8) is 0 Å². The number of aryl methyl sites for hydroxylation is 1. The second-order valence-corrected chi connectivity index (χ2v) is 3.87. The van der Waals surface area contributed by atoms with Crippen molar-refractivity contribution >= 4 is 5.97 Å². The molecule has 16 heavy (non-hydrogen) atoms. The van der Waals surface area contributed by atoms with Crippen LogP contribution in [0.15, 0.2) is 24.3 Å². The summed E-state index contributed by atoms with van der Waals surface area (Å²) in [5.74, 6) is -1.18. The number of carboxylic acids is 1. The van der Waals surface area contributed by atoms with Crippen molar-refractivity contribution in [2.75, 3.05) is 6.61 Å². The minimum absolute atomic E-state index is 0.189. The van der Waals surface area contributed by atoms with E-state index in [2.05, 4.69) is 0 Å². The van der Waals surface area contributed by atoms with Gasteiger partial charge in [-0.2, -0.15) is 0 Å². The molecule has 3 nitrogen and oxygen atoms in total. The van der Waals surface area contributed by atoms with E-state index in [4.69, 9.17) is 10.2 Å². The van der Waals surface area contributed by atoms with Crippen LogP contribution in [0.1, 0.15) is 36.8 Å². The van der Waals surface area contributed by atoms with Gasteiger partial charge in [0.1, 0.15) is 0 Å². The van der Waals surface area contributed by atoms with Crippen LogP contribution in [0.5, 0.6) is 0 Å². The highest BCUT2D eigenvalue weighted by Gasteiger charge is 2.16. The maximum atomic E-state index is 11.0. The summed E-state index contributed by atoms with van der Waals surface area (Å²) in [7, 11) is 0. The lowest BCUT2D eigenvalue weighted by molar-refractivity contribution is -0.138. The van der Waals surface area contributed by atoms with E-state index < -0.39 is 11.9 Å². The molecule has 1 aromatic rings. The van der Waals surface area contributed by atoms with Crippen LogP contribution < -0.4 is 0 Å². The highest BCUT2D eigenvalue weighted by Crippen LogP contribution is 2.20. The molecule has 88 valence electrons. The van der Waals surface area contributed by atoms with Crippen molar-refractivity contribution in [1.29, 1.82) is 0 Å². The predicted octanol–water partition coefficient (Wildman–Crippen LogP) is 2.19. The van der Waals surface area contributed by atoms with E-state index in [-0.39, 0.29) is 6.61 Å². The number of carboxylic acid groups (broad SMARTS) is 1. The Morgan fingerprint density at radius 2 is 1.94 bits per heavy atom. The minimum atomic E-state index is -0.773. The molecule has 0 bridgehead atoms. The predicted molar refractivity (Wildman–Crippen MR) is 62.5 cm³/mol. The maximum Gasteiger partial charge on any atom is 0.310 e. The number of hydrogen-bond acceptors (Lipinski definition) is 2. The summed E-state index contributed by atoms with van der Waals surface area (Å²) in [5, 5.41) is 17.7. The number of aliphatic hydroxyl groups excluding tert-OH is 1. The number of rotatable bonds is 6. The molecule has 0 fully saturated rings. The van der Waals surface area contributed by atoms with Gasteiger partial charge in [0.2, 0.25) is 0 Å². The molecule has 3 heteroatoms. The summed E-state index contributed by atoms with van der Waals surface area (Å²) < 4.78 is 0. The summed E-state index contributed by atoms with van der Waals surface area (Å²) in [6, 6.07) is 7.62. The van der Waals surface area contributed by atoms with Gasteiger partial charge in [0.15, 0.2) is 0 Å². The van der Waals surface area contributed by atoms with Gasteiger partial charge in [-0.25, -0.2) is 0 Å². The molecule has 0 radical (unpaired) electrons. The molecule has 1 unspecified atom stereocenters. The Balaban J connectivity index is 2.73. The fourth-order valence-electron chi connectivity index (χ4n) is 1.75. The summed E-state index contributed by atoms with van der Waals surface area (Å²) in [4.78, 5) is 11.0. The van der Waals surface area contributed by atoms with Crippen LogP contribution in [-0.2, 0) is 11.2 Å². The first-order chi connectivity index (χ1) is 7.69. The Morgan fingerprint density at radius 3 is 2.38 bits per heavy atom. The van der Waals surface area contributed by atoms with Gasteiger partial charge in [0, 0.05) is 6.61 Å². The van der Waals surface area contributed by atoms with Crippen molar-refractivity contribution in [2.45, 2.75) is 32.1 Å². The molecule has 2 N–H and O–H groups in total. The van der Waals surface area contributed by atoms with Crippen LogP contribution in [0, 0.1) is 0 Å². The fraction of sp³-hybridized carbons (Fsp3) is 0.462. The Bertz CT molecular complexity index is 330. The molecule has 1 aromatic carbocycles. The summed E-state index contributed by atoms with van der Waals surface area (Å²) >= 11 is 0. The monoisotopic (exact) mass is 222 g/mol. The molecule has 0 heterocycles. The van der Waals surface area contributed by atoms with E-state index in [9.17, 15) is 4.79 Å². The van der Waals surface area contributed by atoms with Crippen LogP contribution in [0.2, 0.25) is 0 Å². The van der Waals surface area contributed by atoms with Crippen LogP contribution in [0.3, 0.4) is 0 Å².